The maximum atomic E-state index is 5.66. The summed E-state index contributed by atoms with van der Waals surface area (Å²) < 4.78 is 7.79. The number of nitrogens with zero attached hydrogens (tertiary/aromatic N) is 6. The minimum atomic E-state index is 0. The number of hydrogen-bond acceptors (Lipinski definition) is 6. The van der Waals surface area contributed by atoms with Crippen molar-refractivity contribution in [3.63, 3.8) is 0 Å². The Morgan fingerprint density at radius 3 is 2.33 bits per heavy atom. The van der Waals surface area contributed by atoms with Gasteiger partial charge in [0.1, 0.15) is 5.75 Å². The lowest BCUT2D eigenvalue weighted by atomic mass is 9.95. The van der Waals surface area contributed by atoms with Crippen LogP contribution < -0.4 is 4.74 Å². The Kier molecular flexibility index (Phi) is 8.48. The van der Waals surface area contributed by atoms with Crippen molar-refractivity contribution in [1.82, 2.24) is 30.0 Å². The average Bonchev–Trinajstić information content (AvgIpc) is 3.26. The number of ether oxygens (including phenoxy) is 1. The molecule has 4 rings (SSSR count). The average molecular weight is 435 g/mol. The van der Waals surface area contributed by atoms with E-state index in [2.05, 4.69) is 61.2 Å². The van der Waals surface area contributed by atoms with Crippen LogP contribution in [0, 0.1) is 0 Å². The van der Waals surface area contributed by atoms with Crippen LogP contribution in [0.4, 0.5) is 0 Å². The van der Waals surface area contributed by atoms with E-state index in [1.807, 2.05) is 6.92 Å². The SMILES string of the molecule is CCOc1ccc(C(c2nnnn2C2CCCCC2)N2CCN(CC)CC2)cc1.Cl. The molecule has 1 aliphatic heterocycles. The molecule has 2 aromatic rings. The second-order valence-electron chi connectivity index (χ2n) is 8.15. The van der Waals surface area contributed by atoms with Gasteiger partial charge in [-0.05, 0) is 54.4 Å². The summed E-state index contributed by atoms with van der Waals surface area (Å²) in [4.78, 5) is 5.06. The minimum absolute atomic E-state index is 0. The van der Waals surface area contributed by atoms with E-state index in [4.69, 9.17) is 4.74 Å². The Morgan fingerprint density at radius 1 is 1.00 bits per heavy atom. The Balaban J connectivity index is 0.00000256. The third-order valence-electron chi connectivity index (χ3n) is 6.41. The largest absolute Gasteiger partial charge is 0.494 e. The van der Waals surface area contributed by atoms with Crippen molar-refractivity contribution in [3.05, 3.63) is 35.7 Å². The third-order valence-corrected chi connectivity index (χ3v) is 6.41. The number of tetrazole rings is 1. The summed E-state index contributed by atoms with van der Waals surface area (Å²) in [6.07, 6.45) is 6.23. The monoisotopic (exact) mass is 434 g/mol. The van der Waals surface area contributed by atoms with Gasteiger partial charge in [0.15, 0.2) is 5.82 Å². The molecule has 1 unspecified atom stereocenters. The third kappa shape index (κ3) is 5.13. The summed E-state index contributed by atoms with van der Waals surface area (Å²) in [6.45, 7) is 10.3. The molecule has 0 bridgehead atoms. The zero-order chi connectivity index (χ0) is 20.1. The molecule has 1 saturated heterocycles. The Hall–Kier alpha value is -1.70. The van der Waals surface area contributed by atoms with Crippen molar-refractivity contribution in [2.24, 2.45) is 0 Å². The molecule has 2 aliphatic rings. The molecule has 0 spiro atoms. The Morgan fingerprint density at radius 2 is 1.70 bits per heavy atom. The van der Waals surface area contributed by atoms with E-state index < -0.39 is 0 Å². The summed E-state index contributed by atoms with van der Waals surface area (Å²) in [5.41, 5.74) is 1.24. The van der Waals surface area contributed by atoms with Crippen LogP contribution in [0.15, 0.2) is 24.3 Å². The molecule has 1 aromatic heterocycles. The molecular formula is C22H35ClN6O. The number of aromatic nitrogens is 4. The zero-order valence-electron chi connectivity index (χ0n) is 18.2. The first-order valence-corrected chi connectivity index (χ1v) is 11.3. The van der Waals surface area contributed by atoms with Gasteiger partial charge in [0, 0.05) is 26.2 Å². The van der Waals surface area contributed by atoms with Gasteiger partial charge in [-0.3, -0.25) is 4.90 Å². The number of piperazine rings is 1. The molecule has 0 amide bonds. The highest BCUT2D eigenvalue weighted by atomic mass is 35.5. The molecule has 0 N–H and O–H groups in total. The van der Waals surface area contributed by atoms with Crippen LogP contribution in [-0.2, 0) is 0 Å². The van der Waals surface area contributed by atoms with E-state index in [1.54, 1.807) is 0 Å². The first-order chi connectivity index (χ1) is 14.3. The predicted octanol–water partition coefficient (Wildman–Crippen LogP) is 3.73. The Labute approximate surface area is 186 Å². The standard InChI is InChI=1S/C22H34N6O.ClH/c1-3-26-14-16-27(17-15-26)21(18-10-12-20(13-11-18)29-4-2)22-23-24-25-28(22)19-8-6-5-7-9-19;/h10-13,19,21H,3-9,14-17H2,1-2H3;1H. The van der Waals surface area contributed by atoms with E-state index in [0.717, 1.165) is 44.3 Å². The van der Waals surface area contributed by atoms with Gasteiger partial charge >= 0.3 is 0 Å². The van der Waals surface area contributed by atoms with E-state index in [0.29, 0.717) is 12.6 Å². The normalized spacial score (nSPS) is 19.9. The van der Waals surface area contributed by atoms with Crippen LogP contribution >= 0.6 is 12.4 Å². The topological polar surface area (TPSA) is 59.3 Å². The summed E-state index contributed by atoms with van der Waals surface area (Å²) in [5.74, 6) is 1.91. The lowest BCUT2D eigenvalue weighted by Crippen LogP contribution is -2.48. The predicted molar refractivity (Wildman–Crippen MR) is 120 cm³/mol. The lowest BCUT2D eigenvalue weighted by molar-refractivity contribution is 0.107. The van der Waals surface area contributed by atoms with Crippen LogP contribution in [0.5, 0.6) is 5.75 Å². The van der Waals surface area contributed by atoms with Gasteiger partial charge in [0.05, 0.1) is 18.7 Å². The molecule has 7 nitrogen and oxygen atoms in total. The van der Waals surface area contributed by atoms with Gasteiger partial charge in [-0.2, -0.15) is 0 Å². The summed E-state index contributed by atoms with van der Waals surface area (Å²) in [7, 11) is 0. The van der Waals surface area contributed by atoms with Crippen LogP contribution in [0.2, 0.25) is 0 Å². The molecule has 30 heavy (non-hydrogen) atoms. The summed E-state index contributed by atoms with van der Waals surface area (Å²) in [5, 5.41) is 13.1. The van der Waals surface area contributed by atoms with Crippen LogP contribution in [-0.4, -0.2) is 69.3 Å². The fraction of sp³-hybridized carbons (Fsp3) is 0.682. The molecule has 2 fully saturated rings. The first kappa shape index (κ1) is 23.0. The molecule has 8 heteroatoms. The Bertz CT molecular complexity index is 753. The summed E-state index contributed by atoms with van der Waals surface area (Å²) in [6, 6.07) is 9.02. The molecule has 1 aromatic carbocycles. The minimum Gasteiger partial charge on any atom is -0.494 e. The van der Waals surface area contributed by atoms with Gasteiger partial charge in [-0.1, -0.05) is 38.3 Å². The fourth-order valence-electron chi connectivity index (χ4n) is 4.74. The van der Waals surface area contributed by atoms with E-state index in [9.17, 15) is 0 Å². The van der Waals surface area contributed by atoms with E-state index >= 15 is 0 Å². The number of hydrogen-bond donors (Lipinski definition) is 0. The van der Waals surface area contributed by atoms with Gasteiger partial charge in [-0.15, -0.1) is 17.5 Å². The molecular weight excluding hydrogens is 400 g/mol. The fourth-order valence-corrected chi connectivity index (χ4v) is 4.74. The second kappa shape index (κ2) is 11.1. The number of likely N-dealkylation sites (N-methyl/N-ethyl adjacent to an activating group) is 1. The van der Waals surface area contributed by atoms with Crippen molar-refractivity contribution in [1.29, 1.82) is 0 Å². The number of rotatable bonds is 7. The molecule has 0 radical (unpaired) electrons. The van der Waals surface area contributed by atoms with Gasteiger partial charge in [-0.25, -0.2) is 4.68 Å². The van der Waals surface area contributed by atoms with Crippen molar-refractivity contribution in [2.45, 2.75) is 58.0 Å². The molecule has 2 heterocycles. The smallest absolute Gasteiger partial charge is 0.173 e. The van der Waals surface area contributed by atoms with Crippen molar-refractivity contribution in [3.8, 4) is 5.75 Å². The van der Waals surface area contributed by atoms with Crippen molar-refractivity contribution < 1.29 is 4.74 Å². The first-order valence-electron chi connectivity index (χ1n) is 11.3. The maximum absolute atomic E-state index is 5.66. The summed E-state index contributed by atoms with van der Waals surface area (Å²) >= 11 is 0. The van der Waals surface area contributed by atoms with Crippen molar-refractivity contribution in [2.75, 3.05) is 39.3 Å². The lowest BCUT2D eigenvalue weighted by Gasteiger charge is -2.39. The van der Waals surface area contributed by atoms with E-state index in [-0.39, 0.29) is 18.4 Å². The van der Waals surface area contributed by atoms with E-state index in [1.165, 1.54) is 37.7 Å². The van der Waals surface area contributed by atoms with Crippen LogP contribution in [0.3, 0.4) is 0 Å². The maximum Gasteiger partial charge on any atom is 0.173 e. The zero-order valence-corrected chi connectivity index (χ0v) is 19.1. The second-order valence-corrected chi connectivity index (χ2v) is 8.15. The van der Waals surface area contributed by atoms with Crippen LogP contribution in [0.25, 0.3) is 0 Å². The highest BCUT2D eigenvalue weighted by Crippen LogP contribution is 2.34. The van der Waals surface area contributed by atoms with Crippen molar-refractivity contribution >= 4 is 12.4 Å². The number of halogens is 1. The van der Waals surface area contributed by atoms with Crippen LogP contribution in [0.1, 0.15) is 69.4 Å². The number of benzene rings is 1. The van der Waals surface area contributed by atoms with Gasteiger partial charge in [0.2, 0.25) is 0 Å². The molecule has 166 valence electrons. The molecule has 1 aliphatic carbocycles. The van der Waals surface area contributed by atoms with Gasteiger partial charge in [0.25, 0.3) is 0 Å². The van der Waals surface area contributed by atoms with Gasteiger partial charge < -0.3 is 9.64 Å². The molecule has 1 saturated carbocycles. The molecule has 1 atom stereocenters. The highest BCUT2D eigenvalue weighted by molar-refractivity contribution is 5.85. The highest BCUT2D eigenvalue weighted by Gasteiger charge is 2.32. The quantitative estimate of drug-likeness (QED) is 0.661.